The van der Waals surface area contributed by atoms with Crippen LogP contribution in [0.4, 0.5) is 0 Å². The van der Waals surface area contributed by atoms with E-state index in [9.17, 15) is 23.1 Å². The number of carbonyl (C=O) groups is 2. The number of likely N-dealkylation sites (tertiary alicyclic amines) is 1. The van der Waals surface area contributed by atoms with Crippen molar-refractivity contribution in [3.8, 4) is 0 Å². The van der Waals surface area contributed by atoms with Crippen molar-refractivity contribution in [1.29, 1.82) is 0 Å². The summed E-state index contributed by atoms with van der Waals surface area (Å²) in [5, 5.41) is 11.0. The first-order valence-corrected chi connectivity index (χ1v) is 11.4. The summed E-state index contributed by atoms with van der Waals surface area (Å²) in [5.41, 5.74) is 1.89. The van der Waals surface area contributed by atoms with Crippen LogP contribution < -0.4 is 0 Å². The number of ketones is 1. The van der Waals surface area contributed by atoms with Crippen LogP contribution in [0.15, 0.2) is 59.0 Å². The van der Waals surface area contributed by atoms with E-state index in [4.69, 9.17) is 4.74 Å². The van der Waals surface area contributed by atoms with E-state index in [0.29, 0.717) is 5.56 Å². The van der Waals surface area contributed by atoms with Gasteiger partial charge in [0.25, 0.3) is 11.7 Å². The molecule has 3 rings (SSSR count). The van der Waals surface area contributed by atoms with Crippen molar-refractivity contribution < 1.29 is 27.9 Å². The van der Waals surface area contributed by atoms with Crippen molar-refractivity contribution in [3.05, 3.63) is 70.8 Å². The van der Waals surface area contributed by atoms with Gasteiger partial charge in [0.2, 0.25) is 10.0 Å². The molecule has 1 heterocycles. The number of ether oxygens (including phenoxy) is 1. The van der Waals surface area contributed by atoms with Crippen LogP contribution in [0.3, 0.4) is 0 Å². The summed E-state index contributed by atoms with van der Waals surface area (Å²) in [4.78, 5) is 27.1. The molecule has 2 aromatic carbocycles. The van der Waals surface area contributed by atoms with Gasteiger partial charge in [0.15, 0.2) is 0 Å². The standard InChI is InChI=1S/C23H26N2O6S/c1-15-5-7-16(8-6-15)20-19(22(27)23(28)25(20)13-14-31-4)21(26)17-9-11-18(12-10-17)32(29,30)24(2)3/h5-12,20,26H,13-14H2,1-4H3/b21-19-. The third kappa shape index (κ3) is 4.32. The van der Waals surface area contributed by atoms with E-state index in [1.165, 1.54) is 50.4 Å². The number of nitrogens with zero attached hydrogens (tertiary/aromatic N) is 2. The summed E-state index contributed by atoms with van der Waals surface area (Å²) >= 11 is 0. The molecule has 1 saturated heterocycles. The second kappa shape index (κ2) is 9.23. The fraction of sp³-hybridized carbons (Fsp3) is 0.304. The van der Waals surface area contributed by atoms with Crippen LogP contribution in [0.1, 0.15) is 22.7 Å². The van der Waals surface area contributed by atoms with Crippen molar-refractivity contribution in [2.75, 3.05) is 34.4 Å². The largest absolute Gasteiger partial charge is 0.507 e. The van der Waals surface area contributed by atoms with Gasteiger partial charge in [-0.25, -0.2) is 12.7 Å². The quantitative estimate of drug-likeness (QED) is 0.388. The number of methoxy groups -OCH3 is 1. The zero-order valence-electron chi connectivity index (χ0n) is 18.4. The summed E-state index contributed by atoms with van der Waals surface area (Å²) in [6, 6.07) is 12.1. The Balaban J connectivity index is 2.11. The highest BCUT2D eigenvalue weighted by Gasteiger charge is 2.45. The minimum absolute atomic E-state index is 0.0434. The molecule has 170 valence electrons. The molecule has 1 fully saturated rings. The van der Waals surface area contributed by atoms with Gasteiger partial charge in [-0.3, -0.25) is 9.59 Å². The maximum absolute atomic E-state index is 12.9. The zero-order chi connectivity index (χ0) is 23.6. The lowest BCUT2D eigenvalue weighted by Gasteiger charge is -2.25. The van der Waals surface area contributed by atoms with Crippen LogP contribution in [-0.2, 0) is 24.3 Å². The highest BCUT2D eigenvalue weighted by atomic mass is 32.2. The van der Waals surface area contributed by atoms with Crippen LogP contribution in [0.2, 0.25) is 0 Å². The van der Waals surface area contributed by atoms with Crippen molar-refractivity contribution in [2.45, 2.75) is 17.9 Å². The topological polar surface area (TPSA) is 104 Å². The van der Waals surface area contributed by atoms with E-state index < -0.39 is 27.8 Å². The molecular formula is C23H26N2O6S. The lowest BCUT2D eigenvalue weighted by atomic mass is 9.95. The molecule has 0 aliphatic carbocycles. The van der Waals surface area contributed by atoms with Gasteiger partial charge in [-0.05, 0) is 36.8 Å². The summed E-state index contributed by atoms with van der Waals surface area (Å²) < 4.78 is 30.8. The van der Waals surface area contributed by atoms with E-state index in [1.807, 2.05) is 31.2 Å². The van der Waals surface area contributed by atoms with Crippen molar-refractivity contribution in [3.63, 3.8) is 0 Å². The van der Waals surface area contributed by atoms with Gasteiger partial charge in [-0.2, -0.15) is 0 Å². The average Bonchev–Trinajstić information content (AvgIpc) is 3.02. The molecule has 0 spiro atoms. The molecule has 0 saturated carbocycles. The van der Waals surface area contributed by atoms with Crippen LogP contribution in [0.25, 0.3) is 5.76 Å². The number of hydrogen-bond acceptors (Lipinski definition) is 6. The van der Waals surface area contributed by atoms with Crippen LogP contribution in [-0.4, -0.2) is 68.8 Å². The predicted molar refractivity (Wildman–Crippen MR) is 119 cm³/mol. The number of aliphatic hydroxyl groups is 1. The normalized spacial score (nSPS) is 18.5. The first-order valence-electron chi connectivity index (χ1n) is 9.96. The SMILES string of the molecule is COCCN1C(=O)C(=O)/C(=C(\O)c2ccc(S(=O)(=O)N(C)C)cc2)C1c1ccc(C)cc1. The van der Waals surface area contributed by atoms with Crippen LogP contribution in [0.5, 0.6) is 0 Å². The number of carbonyl (C=O) groups excluding carboxylic acids is 2. The fourth-order valence-corrected chi connectivity index (χ4v) is 4.45. The van der Waals surface area contributed by atoms with Crippen molar-refractivity contribution in [1.82, 2.24) is 9.21 Å². The van der Waals surface area contributed by atoms with E-state index >= 15 is 0 Å². The van der Waals surface area contributed by atoms with Gasteiger partial charge >= 0.3 is 0 Å². The Hall–Kier alpha value is -3.01. The fourth-order valence-electron chi connectivity index (χ4n) is 3.55. The smallest absolute Gasteiger partial charge is 0.295 e. The minimum Gasteiger partial charge on any atom is -0.507 e. The van der Waals surface area contributed by atoms with Crippen molar-refractivity contribution in [2.24, 2.45) is 0 Å². The number of rotatable bonds is 7. The highest BCUT2D eigenvalue weighted by Crippen LogP contribution is 2.39. The summed E-state index contributed by atoms with van der Waals surface area (Å²) in [6.07, 6.45) is 0. The Labute approximate surface area is 187 Å². The van der Waals surface area contributed by atoms with Gasteiger partial charge < -0.3 is 14.7 Å². The van der Waals surface area contributed by atoms with E-state index in [2.05, 4.69) is 0 Å². The Morgan fingerprint density at radius 1 is 1.06 bits per heavy atom. The Morgan fingerprint density at radius 3 is 2.19 bits per heavy atom. The van der Waals surface area contributed by atoms with E-state index in [1.54, 1.807) is 0 Å². The molecule has 1 atom stereocenters. The predicted octanol–water partition coefficient (Wildman–Crippen LogP) is 2.31. The van der Waals surface area contributed by atoms with Gasteiger partial charge in [0.1, 0.15) is 5.76 Å². The maximum Gasteiger partial charge on any atom is 0.295 e. The Bertz CT molecular complexity index is 1150. The molecule has 1 aliphatic heterocycles. The minimum atomic E-state index is -3.64. The second-order valence-corrected chi connectivity index (χ2v) is 9.86. The summed E-state index contributed by atoms with van der Waals surface area (Å²) in [5.74, 6) is -1.88. The molecule has 0 bridgehead atoms. The lowest BCUT2D eigenvalue weighted by Crippen LogP contribution is -2.32. The number of amides is 1. The third-order valence-corrected chi connectivity index (χ3v) is 7.21. The number of aryl methyl sites for hydroxylation is 1. The van der Waals surface area contributed by atoms with Crippen LogP contribution in [0, 0.1) is 6.92 Å². The van der Waals surface area contributed by atoms with Crippen molar-refractivity contribution >= 4 is 27.5 Å². The van der Waals surface area contributed by atoms with E-state index in [0.717, 1.165) is 9.87 Å². The molecule has 0 aromatic heterocycles. The number of benzene rings is 2. The molecule has 32 heavy (non-hydrogen) atoms. The van der Waals surface area contributed by atoms with Gasteiger partial charge in [0, 0.05) is 33.3 Å². The number of hydrogen-bond donors (Lipinski definition) is 1. The first kappa shape index (κ1) is 23.6. The highest BCUT2D eigenvalue weighted by molar-refractivity contribution is 7.89. The Kier molecular flexibility index (Phi) is 6.82. The monoisotopic (exact) mass is 458 g/mol. The molecule has 8 nitrogen and oxygen atoms in total. The number of sulfonamides is 1. The maximum atomic E-state index is 12.9. The first-order chi connectivity index (χ1) is 15.1. The molecule has 1 aliphatic rings. The second-order valence-electron chi connectivity index (χ2n) is 7.71. The summed E-state index contributed by atoms with van der Waals surface area (Å²) in [7, 11) is 0.704. The molecule has 1 amide bonds. The third-order valence-electron chi connectivity index (χ3n) is 5.38. The van der Waals surface area contributed by atoms with E-state index in [-0.39, 0.29) is 34.9 Å². The zero-order valence-corrected chi connectivity index (χ0v) is 19.2. The number of Topliss-reactive ketones (excluding diaryl/α,β-unsaturated/α-hetero) is 1. The summed E-state index contributed by atoms with van der Waals surface area (Å²) in [6.45, 7) is 2.33. The van der Waals surface area contributed by atoms with Gasteiger partial charge in [-0.15, -0.1) is 0 Å². The van der Waals surface area contributed by atoms with Gasteiger partial charge in [0.05, 0.1) is 23.1 Å². The molecule has 1 N–H and O–H groups in total. The molecule has 9 heteroatoms. The molecule has 2 aromatic rings. The molecule has 1 unspecified atom stereocenters. The lowest BCUT2D eigenvalue weighted by molar-refractivity contribution is -0.140. The average molecular weight is 459 g/mol. The van der Waals surface area contributed by atoms with Crippen LogP contribution >= 0.6 is 0 Å². The molecular weight excluding hydrogens is 432 g/mol. The Morgan fingerprint density at radius 2 is 1.66 bits per heavy atom. The molecule has 0 radical (unpaired) electrons. The van der Waals surface area contributed by atoms with Gasteiger partial charge in [-0.1, -0.05) is 29.8 Å². The number of aliphatic hydroxyl groups excluding tert-OH is 1.